The topological polar surface area (TPSA) is 29.3 Å². The largest absolute Gasteiger partial charge is 0.330 e. The number of hydrogen-bond donors (Lipinski definition) is 1. The van der Waals surface area contributed by atoms with Crippen LogP contribution in [-0.2, 0) is 0 Å². The molecule has 1 aliphatic heterocycles. The number of rotatable bonds is 3. The smallest absolute Gasteiger partial charge is 0.0963 e. The van der Waals surface area contributed by atoms with Crippen molar-refractivity contribution in [2.45, 2.75) is 31.7 Å². The Morgan fingerprint density at radius 1 is 1.31 bits per heavy atom. The summed E-state index contributed by atoms with van der Waals surface area (Å²) in [6.07, 6.45) is 4.61. The highest BCUT2D eigenvalue weighted by molar-refractivity contribution is 4.92. The molecule has 2 N–H and O–H groups in total. The maximum atomic E-state index is 12.8. The van der Waals surface area contributed by atoms with E-state index in [1.165, 1.54) is 12.8 Å². The van der Waals surface area contributed by atoms with Gasteiger partial charge >= 0.3 is 0 Å². The molecule has 3 heteroatoms. The van der Waals surface area contributed by atoms with Gasteiger partial charge in [-0.05, 0) is 38.8 Å². The number of likely N-dealkylation sites (tertiary alicyclic amines) is 1. The van der Waals surface area contributed by atoms with Gasteiger partial charge in [0.2, 0.25) is 0 Å². The monoisotopic (exact) mass is 186 g/mol. The highest BCUT2D eigenvalue weighted by Gasteiger charge is 2.38. The maximum Gasteiger partial charge on any atom is 0.0963 e. The summed E-state index contributed by atoms with van der Waals surface area (Å²) in [5, 5.41) is 0. The van der Waals surface area contributed by atoms with E-state index in [1.807, 2.05) is 0 Å². The van der Waals surface area contributed by atoms with Crippen molar-refractivity contribution in [2.75, 3.05) is 26.3 Å². The third kappa shape index (κ3) is 1.86. The number of halogens is 1. The van der Waals surface area contributed by atoms with Crippen LogP contribution in [-0.4, -0.2) is 37.3 Å². The molecular formula is C10H19FN2. The second kappa shape index (κ2) is 3.54. The fourth-order valence-electron chi connectivity index (χ4n) is 2.20. The normalized spacial score (nSPS) is 29.1. The highest BCUT2D eigenvalue weighted by atomic mass is 19.1. The zero-order valence-corrected chi connectivity index (χ0v) is 8.14. The molecule has 76 valence electrons. The lowest BCUT2D eigenvalue weighted by Gasteiger charge is -2.39. The second-order valence-electron chi connectivity index (χ2n) is 4.60. The van der Waals surface area contributed by atoms with E-state index in [0.717, 1.165) is 32.0 Å². The molecule has 0 aromatic carbocycles. The van der Waals surface area contributed by atoms with E-state index in [1.54, 1.807) is 0 Å². The Hall–Kier alpha value is -0.150. The second-order valence-corrected chi connectivity index (χ2v) is 4.60. The Bertz CT molecular complexity index is 166. The number of alkyl halides is 1. The molecule has 2 aliphatic rings. The molecule has 0 spiro atoms. The molecule has 1 aliphatic carbocycles. The van der Waals surface area contributed by atoms with Crippen molar-refractivity contribution in [1.82, 2.24) is 4.90 Å². The number of nitrogens with zero attached hydrogens (tertiary/aromatic N) is 1. The lowest BCUT2D eigenvalue weighted by atomic mass is 9.79. The molecule has 2 nitrogen and oxygen atoms in total. The minimum Gasteiger partial charge on any atom is -0.330 e. The summed E-state index contributed by atoms with van der Waals surface area (Å²) < 4.78 is 12.8. The van der Waals surface area contributed by atoms with Crippen LogP contribution in [0.2, 0.25) is 0 Å². The van der Waals surface area contributed by atoms with Crippen LogP contribution in [0.25, 0.3) is 0 Å². The molecule has 1 heterocycles. The molecule has 0 bridgehead atoms. The van der Waals surface area contributed by atoms with Crippen molar-refractivity contribution in [2.24, 2.45) is 11.1 Å². The van der Waals surface area contributed by atoms with Gasteiger partial charge in [-0.25, -0.2) is 0 Å². The molecule has 0 radical (unpaired) electrons. The molecule has 0 aromatic heterocycles. The van der Waals surface area contributed by atoms with Gasteiger partial charge in [0.1, 0.15) is 0 Å². The molecule has 1 saturated heterocycles. The Morgan fingerprint density at radius 3 is 2.31 bits per heavy atom. The minimum atomic E-state index is -0.234. The van der Waals surface area contributed by atoms with Crippen molar-refractivity contribution >= 4 is 0 Å². The minimum absolute atomic E-state index is 0.175. The van der Waals surface area contributed by atoms with Crippen LogP contribution in [0.15, 0.2) is 0 Å². The predicted octanol–water partition coefficient (Wildman–Crippen LogP) is 1.16. The lowest BCUT2D eigenvalue weighted by molar-refractivity contribution is 0.0803. The SMILES string of the molecule is NCC1(CF)CCN(C2CC2)CC1. The van der Waals surface area contributed by atoms with Gasteiger partial charge in [0.25, 0.3) is 0 Å². The van der Waals surface area contributed by atoms with E-state index in [4.69, 9.17) is 5.73 Å². The molecule has 0 unspecified atom stereocenters. The van der Waals surface area contributed by atoms with Crippen molar-refractivity contribution in [3.63, 3.8) is 0 Å². The Morgan fingerprint density at radius 2 is 1.92 bits per heavy atom. The van der Waals surface area contributed by atoms with Crippen molar-refractivity contribution in [3.8, 4) is 0 Å². The average Bonchev–Trinajstić information content (AvgIpc) is 3.02. The Balaban J connectivity index is 1.86. The van der Waals surface area contributed by atoms with Crippen LogP contribution in [0, 0.1) is 5.41 Å². The van der Waals surface area contributed by atoms with Gasteiger partial charge in [-0.3, -0.25) is 4.39 Å². The molecule has 0 aromatic rings. The fourth-order valence-corrected chi connectivity index (χ4v) is 2.20. The molecule has 2 rings (SSSR count). The summed E-state index contributed by atoms with van der Waals surface area (Å²) in [6, 6.07) is 0.829. The van der Waals surface area contributed by atoms with E-state index in [9.17, 15) is 4.39 Å². The third-order valence-electron chi connectivity index (χ3n) is 3.64. The van der Waals surface area contributed by atoms with Crippen molar-refractivity contribution in [3.05, 3.63) is 0 Å². The van der Waals surface area contributed by atoms with E-state index >= 15 is 0 Å². The van der Waals surface area contributed by atoms with Gasteiger partial charge in [-0.15, -0.1) is 0 Å². The number of piperidine rings is 1. The van der Waals surface area contributed by atoms with Gasteiger partial charge in [0.15, 0.2) is 0 Å². The lowest BCUT2D eigenvalue weighted by Crippen LogP contribution is -2.45. The van der Waals surface area contributed by atoms with Crippen molar-refractivity contribution in [1.29, 1.82) is 0 Å². The zero-order chi connectivity index (χ0) is 9.31. The molecule has 1 saturated carbocycles. The van der Waals surface area contributed by atoms with E-state index in [-0.39, 0.29) is 12.1 Å². The summed E-state index contributed by atoms with van der Waals surface area (Å²) in [6.45, 7) is 2.40. The summed E-state index contributed by atoms with van der Waals surface area (Å²) in [5.41, 5.74) is 5.45. The van der Waals surface area contributed by atoms with Gasteiger partial charge in [0.05, 0.1) is 6.67 Å². The maximum absolute atomic E-state index is 12.8. The predicted molar refractivity (Wildman–Crippen MR) is 51.3 cm³/mol. The molecular weight excluding hydrogens is 167 g/mol. The van der Waals surface area contributed by atoms with E-state index < -0.39 is 0 Å². The summed E-state index contributed by atoms with van der Waals surface area (Å²) in [7, 11) is 0. The van der Waals surface area contributed by atoms with Crippen LogP contribution in [0.5, 0.6) is 0 Å². The number of nitrogens with two attached hydrogens (primary N) is 1. The molecule has 13 heavy (non-hydrogen) atoms. The van der Waals surface area contributed by atoms with Gasteiger partial charge in [-0.1, -0.05) is 0 Å². The molecule has 0 atom stereocenters. The first-order valence-electron chi connectivity index (χ1n) is 5.30. The van der Waals surface area contributed by atoms with Crippen LogP contribution in [0.1, 0.15) is 25.7 Å². The fraction of sp³-hybridized carbons (Fsp3) is 1.00. The Kier molecular flexibility index (Phi) is 2.56. The van der Waals surface area contributed by atoms with Crippen LogP contribution in [0.3, 0.4) is 0 Å². The van der Waals surface area contributed by atoms with Gasteiger partial charge in [0, 0.05) is 18.0 Å². The quantitative estimate of drug-likeness (QED) is 0.716. The first-order valence-corrected chi connectivity index (χ1v) is 5.30. The standard InChI is InChI=1S/C10H19FN2/c11-7-10(8-12)3-5-13(6-4-10)9-1-2-9/h9H,1-8,12H2. The Labute approximate surface area is 79.3 Å². The summed E-state index contributed by atoms with van der Waals surface area (Å²) in [4.78, 5) is 2.50. The third-order valence-corrected chi connectivity index (χ3v) is 3.64. The molecule has 0 amide bonds. The zero-order valence-electron chi connectivity index (χ0n) is 8.14. The molecule has 2 fully saturated rings. The first-order chi connectivity index (χ1) is 6.29. The van der Waals surface area contributed by atoms with E-state index in [2.05, 4.69) is 4.90 Å². The highest BCUT2D eigenvalue weighted by Crippen LogP contribution is 2.36. The van der Waals surface area contributed by atoms with Crippen LogP contribution in [0.4, 0.5) is 4.39 Å². The summed E-state index contributed by atoms with van der Waals surface area (Å²) in [5.74, 6) is 0. The van der Waals surface area contributed by atoms with Gasteiger partial charge < -0.3 is 10.6 Å². The van der Waals surface area contributed by atoms with Crippen molar-refractivity contribution < 1.29 is 4.39 Å². The van der Waals surface area contributed by atoms with Gasteiger partial charge in [-0.2, -0.15) is 0 Å². The van der Waals surface area contributed by atoms with Crippen LogP contribution < -0.4 is 5.73 Å². The number of hydrogen-bond acceptors (Lipinski definition) is 2. The average molecular weight is 186 g/mol. The van der Waals surface area contributed by atoms with Crippen LogP contribution >= 0.6 is 0 Å². The van der Waals surface area contributed by atoms with E-state index in [0.29, 0.717) is 6.54 Å². The summed E-state index contributed by atoms with van der Waals surface area (Å²) >= 11 is 0. The first kappa shape index (κ1) is 9.41.